The van der Waals surface area contributed by atoms with Crippen molar-refractivity contribution in [3.63, 3.8) is 0 Å². The lowest BCUT2D eigenvalue weighted by Crippen LogP contribution is -2.60. The average molecular weight is 478 g/mol. The lowest BCUT2D eigenvalue weighted by atomic mass is 9.66. The Morgan fingerprint density at radius 2 is 1.85 bits per heavy atom. The molecule has 1 aliphatic heterocycles. The summed E-state index contributed by atoms with van der Waals surface area (Å²) >= 11 is 0. The Bertz CT molecular complexity index is 1150. The number of para-hydroxylation sites is 1. The second-order valence-electron chi connectivity index (χ2n) is 8.78. The van der Waals surface area contributed by atoms with E-state index in [1.54, 1.807) is 24.3 Å². The van der Waals surface area contributed by atoms with Crippen LogP contribution in [0.4, 0.5) is 23.2 Å². The molecule has 4 rings (SSSR count). The van der Waals surface area contributed by atoms with Crippen molar-refractivity contribution in [3.8, 4) is 0 Å². The van der Waals surface area contributed by atoms with Crippen molar-refractivity contribution in [2.24, 2.45) is 11.7 Å². The van der Waals surface area contributed by atoms with E-state index in [1.807, 2.05) is 0 Å². The number of hydrogen-bond donors (Lipinski definition) is 2. The molecule has 2 aromatic carbocycles. The van der Waals surface area contributed by atoms with E-state index in [9.17, 15) is 37.1 Å². The van der Waals surface area contributed by atoms with Crippen molar-refractivity contribution in [2.75, 3.05) is 4.90 Å². The van der Waals surface area contributed by atoms with E-state index < -0.39 is 59.3 Å². The molecule has 1 saturated carbocycles. The molecular weight excluding hydrogens is 456 g/mol. The summed E-state index contributed by atoms with van der Waals surface area (Å²) in [6, 6.07) is 8.03. The molecule has 34 heavy (non-hydrogen) atoms. The fraction of sp³-hybridized carbons (Fsp3) is 0.375. The zero-order valence-electron chi connectivity index (χ0n) is 17.9. The number of amides is 1. The summed E-state index contributed by atoms with van der Waals surface area (Å²) in [6.07, 6.45) is -3.32. The van der Waals surface area contributed by atoms with Gasteiger partial charge in [-0.3, -0.25) is 9.59 Å². The maximum Gasteiger partial charge on any atom is 0.419 e. The zero-order chi connectivity index (χ0) is 24.8. The Balaban J connectivity index is 1.86. The number of benzene rings is 2. The fourth-order valence-corrected chi connectivity index (χ4v) is 5.48. The van der Waals surface area contributed by atoms with Gasteiger partial charge in [0.25, 0.3) is 5.91 Å². The Morgan fingerprint density at radius 1 is 1.15 bits per heavy atom. The monoisotopic (exact) mass is 478 g/mol. The zero-order valence-corrected chi connectivity index (χ0v) is 17.9. The van der Waals surface area contributed by atoms with Crippen LogP contribution in [0.25, 0.3) is 0 Å². The van der Waals surface area contributed by atoms with Crippen LogP contribution in [0.5, 0.6) is 0 Å². The summed E-state index contributed by atoms with van der Waals surface area (Å²) in [6.45, 7) is 0. The van der Waals surface area contributed by atoms with Crippen molar-refractivity contribution in [2.45, 2.75) is 49.4 Å². The molecule has 2 aliphatic rings. The van der Waals surface area contributed by atoms with Gasteiger partial charge in [0.05, 0.1) is 5.56 Å². The number of rotatable bonds is 5. The average Bonchev–Trinajstić information content (AvgIpc) is 3.25. The molecule has 0 saturated heterocycles. The van der Waals surface area contributed by atoms with E-state index in [0.717, 1.165) is 6.07 Å². The van der Waals surface area contributed by atoms with Crippen molar-refractivity contribution >= 4 is 23.9 Å². The molecule has 180 valence electrons. The van der Waals surface area contributed by atoms with Crippen molar-refractivity contribution in [1.29, 1.82) is 0 Å². The van der Waals surface area contributed by atoms with E-state index in [2.05, 4.69) is 0 Å². The highest BCUT2D eigenvalue weighted by Crippen LogP contribution is 2.53. The number of nitrogens with two attached hydrogens (primary N) is 1. The standard InChI is InChI=1S/C24H22F4N2O4/c25-17-9-8-13(12-16(17)24(26,27)28)21(32)30-18-6-2-1-4-14(18)20(15-5-3-7-19(15)30)23(29,10-11-31)22(33)34/h1-2,4,6,8-9,11-12,15,19-20H,3,5,7,10,29H2,(H,33,34). The molecule has 6 nitrogen and oxygen atoms in total. The van der Waals surface area contributed by atoms with E-state index in [-0.39, 0.29) is 5.56 Å². The third-order valence-electron chi connectivity index (χ3n) is 6.93. The number of fused-ring (bicyclic) bond motifs is 2. The first-order valence-electron chi connectivity index (χ1n) is 10.8. The summed E-state index contributed by atoms with van der Waals surface area (Å²) in [4.78, 5) is 38.5. The lowest BCUT2D eigenvalue weighted by Gasteiger charge is -2.48. The lowest BCUT2D eigenvalue weighted by molar-refractivity contribution is -0.146. The normalized spacial score (nSPS) is 23.6. The summed E-state index contributed by atoms with van der Waals surface area (Å²) in [5, 5.41) is 9.94. The molecule has 2 aromatic rings. The minimum atomic E-state index is -4.98. The molecule has 0 spiro atoms. The number of anilines is 1. The number of alkyl halides is 3. The van der Waals surface area contributed by atoms with Crippen molar-refractivity contribution < 1.29 is 37.1 Å². The molecule has 3 N–H and O–H groups in total. The minimum Gasteiger partial charge on any atom is -0.480 e. The van der Waals surface area contributed by atoms with Gasteiger partial charge in [0.2, 0.25) is 0 Å². The summed E-state index contributed by atoms with van der Waals surface area (Å²) in [7, 11) is 0. The van der Waals surface area contributed by atoms with E-state index >= 15 is 0 Å². The molecule has 1 heterocycles. The topological polar surface area (TPSA) is 101 Å². The summed E-state index contributed by atoms with van der Waals surface area (Å²) in [5.74, 6) is -4.80. The van der Waals surface area contributed by atoms with Gasteiger partial charge >= 0.3 is 12.1 Å². The van der Waals surface area contributed by atoms with Gasteiger partial charge in [0.15, 0.2) is 0 Å². The molecule has 0 bridgehead atoms. The third-order valence-corrected chi connectivity index (χ3v) is 6.93. The van der Waals surface area contributed by atoms with Crippen molar-refractivity contribution in [3.05, 3.63) is 65.0 Å². The first kappa shape index (κ1) is 23.9. The van der Waals surface area contributed by atoms with Gasteiger partial charge in [-0.2, -0.15) is 13.2 Å². The number of carbonyl (C=O) groups is 3. The van der Waals surface area contributed by atoms with E-state index in [1.165, 1.54) is 4.90 Å². The predicted molar refractivity (Wildman–Crippen MR) is 114 cm³/mol. The molecule has 1 aliphatic carbocycles. The highest BCUT2D eigenvalue weighted by molar-refractivity contribution is 6.07. The molecule has 1 amide bonds. The Morgan fingerprint density at radius 3 is 2.50 bits per heavy atom. The first-order chi connectivity index (χ1) is 16.0. The number of aliphatic carboxylic acids is 1. The van der Waals surface area contributed by atoms with Crippen LogP contribution in [-0.4, -0.2) is 34.8 Å². The van der Waals surface area contributed by atoms with Crippen molar-refractivity contribution in [1.82, 2.24) is 0 Å². The largest absolute Gasteiger partial charge is 0.480 e. The number of carbonyl (C=O) groups excluding carboxylic acids is 2. The number of carboxylic acids is 1. The molecular formula is C24H22F4N2O4. The van der Waals surface area contributed by atoms with Gasteiger partial charge < -0.3 is 20.5 Å². The van der Waals surface area contributed by atoms with Crippen LogP contribution in [0.3, 0.4) is 0 Å². The van der Waals surface area contributed by atoms with E-state index in [4.69, 9.17) is 5.73 Å². The molecule has 1 fully saturated rings. The highest BCUT2D eigenvalue weighted by atomic mass is 19.4. The van der Waals surface area contributed by atoms with Crippen LogP contribution in [0, 0.1) is 11.7 Å². The van der Waals surface area contributed by atoms with Gasteiger partial charge in [0.1, 0.15) is 17.6 Å². The maximum absolute atomic E-state index is 13.8. The van der Waals surface area contributed by atoms with E-state index in [0.29, 0.717) is 48.9 Å². The smallest absolute Gasteiger partial charge is 0.419 e. The molecule has 4 atom stereocenters. The second kappa shape index (κ2) is 8.50. The molecule has 0 radical (unpaired) electrons. The first-order valence-corrected chi connectivity index (χ1v) is 10.8. The number of nitrogens with zero attached hydrogens (tertiary/aromatic N) is 1. The van der Waals surface area contributed by atoms with Gasteiger partial charge in [-0.15, -0.1) is 0 Å². The maximum atomic E-state index is 13.8. The van der Waals surface area contributed by atoms with Crippen LogP contribution in [-0.2, 0) is 15.8 Å². The molecule has 0 aromatic heterocycles. The van der Waals surface area contributed by atoms with Crippen LogP contribution in [0.15, 0.2) is 42.5 Å². The Labute approximate surface area is 192 Å². The highest BCUT2D eigenvalue weighted by Gasteiger charge is 2.55. The van der Waals surface area contributed by atoms with Gasteiger partial charge in [-0.25, -0.2) is 4.39 Å². The summed E-state index contributed by atoms with van der Waals surface area (Å²) in [5.41, 5.74) is 3.28. The fourth-order valence-electron chi connectivity index (χ4n) is 5.48. The van der Waals surface area contributed by atoms with Gasteiger partial charge in [-0.1, -0.05) is 24.6 Å². The van der Waals surface area contributed by atoms with Gasteiger partial charge in [-0.05, 0) is 48.6 Å². The Hall–Kier alpha value is -3.27. The second-order valence-corrected chi connectivity index (χ2v) is 8.78. The number of hydrogen-bond acceptors (Lipinski definition) is 4. The van der Waals surface area contributed by atoms with Crippen LogP contribution < -0.4 is 10.6 Å². The van der Waals surface area contributed by atoms with Crippen LogP contribution in [0.1, 0.15) is 53.1 Å². The quantitative estimate of drug-likeness (QED) is 0.497. The van der Waals surface area contributed by atoms with Crippen LogP contribution in [0.2, 0.25) is 0 Å². The predicted octanol–water partition coefficient (Wildman–Crippen LogP) is 4.13. The van der Waals surface area contributed by atoms with Crippen LogP contribution >= 0.6 is 0 Å². The minimum absolute atomic E-state index is 0.320. The van der Waals surface area contributed by atoms with Gasteiger partial charge in [0, 0.05) is 29.6 Å². The number of halogens is 4. The number of carboxylic acid groups (broad SMARTS) is 1. The number of aldehydes is 1. The third kappa shape index (κ3) is 3.75. The SMILES string of the molecule is NC(CC=O)(C(=O)O)C1c2ccccc2N(C(=O)c2ccc(F)c(C(F)(F)F)c2)C2CCCC21. The molecule has 4 unspecified atom stereocenters. The Kier molecular flexibility index (Phi) is 5.97. The molecule has 10 heteroatoms. The summed E-state index contributed by atoms with van der Waals surface area (Å²) < 4.78 is 53.6.